The third-order valence-corrected chi connectivity index (χ3v) is 9.54. The van der Waals surface area contributed by atoms with Gasteiger partial charge in [0.25, 0.3) is 0 Å². The molecule has 0 aromatic heterocycles. The van der Waals surface area contributed by atoms with Crippen molar-refractivity contribution in [2.24, 2.45) is 5.92 Å². The molecule has 0 aliphatic carbocycles. The van der Waals surface area contributed by atoms with E-state index in [1.807, 2.05) is 89.8 Å². The Balaban J connectivity index is 1.45. The fraction of sp³-hybridized carbons (Fsp3) is 0.237. The Hall–Kier alpha value is -4.84. The molecular formula is C38H33FN2O3. The number of rotatable bonds is 8. The van der Waals surface area contributed by atoms with E-state index in [4.69, 9.17) is 0 Å². The highest BCUT2D eigenvalue weighted by Crippen LogP contribution is 2.58. The van der Waals surface area contributed by atoms with E-state index in [1.54, 1.807) is 6.07 Å². The highest BCUT2D eigenvalue weighted by atomic mass is 19.1. The van der Waals surface area contributed by atoms with Crippen molar-refractivity contribution in [1.29, 1.82) is 0 Å². The van der Waals surface area contributed by atoms with E-state index in [9.17, 15) is 14.4 Å². The summed E-state index contributed by atoms with van der Waals surface area (Å²) in [6.45, 7) is 2.16. The van der Waals surface area contributed by atoms with Crippen LogP contribution in [-0.4, -0.2) is 29.6 Å². The van der Waals surface area contributed by atoms with Crippen LogP contribution in [-0.2, 0) is 16.6 Å². The van der Waals surface area contributed by atoms with Gasteiger partial charge in [0.15, 0.2) is 11.6 Å². The largest absolute Gasteiger partial charge is 0.352 e. The number of carbonyl (C=O) groups excluding carboxylic acids is 3. The summed E-state index contributed by atoms with van der Waals surface area (Å²) >= 11 is 0. The number of aryl methyl sites for hydroxylation is 1. The van der Waals surface area contributed by atoms with E-state index in [2.05, 4.69) is 12.2 Å². The molecule has 6 heteroatoms. The van der Waals surface area contributed by atoms with Crippen molar-refractivity contribution >= 4 is 34.9 Å². The first kappa shape index (κ1) is 28.0. The van der Waals surface area contributed by atoms with E-state index in [-0.39, 0.29) is 17.3 Å². The Morgan fingerprint density at radius 3 is 2.39 bits per heavy atom. The summed E-state index contributed by atoms with van der Waals surface area (Å²) in [4.78, 5) is 45.9. The topological polar surface area (TPSA) is 66.5 Å². The first-order valence-corrected chi connectivity index (χ1v) is 15.3. The van der Waals surface area contributed by atoms with Crippen LogP contribution >= 0.6 is 0 Å². The van der Waals surface area contributed by atoms with Gasteiger partial charge in [0.05, 0.1) is 17.5 Å². The maximum absolute atomic E-state index is 15.3. The molecule has 3 heterocycles. The molecule has 4 aromatic carbocycles. The highest BCUT2D eigenvalue weighted by Gasteiger charge is 2.70. The number of nitrogens with one attached hydrogen (secondary N) is 1. The minimum atomic E-state index is -1.43. The number of amides is 1. The van der Waals surface area contributed by atoms with Gasteiger partial charge in [-0.15, -0.1) is 0 Å². The molecule has 1 fully saturated rings. The molecule has 220 valence electrons. The maximum Gasteiger partial charge on any atom is 0.238 e. The fourth-order valence-corrected chi connectivity index (χ4v) is 7.53. The van der Waals surface area contributed by atoms with Gasteiger partial charge in [0.1, 0.15) is 17.3 Å². The van der Waals surface area contributed by atoms with Crippen LogP contribution in [0.4, 0.5) is 15.8 Å². The zero-order chi connectivity index (χ0) is 30.4. The van der Waals surface area contributed by atoms with Crippen LogP contribution in [0, 0.1) is 11.7 Å². The monoisotopic (exact) mass is 584 g/mol. The summed E-state index contributed by atoms with van der Waals surface area (Å²) in [7, 11) is 0. The quantitative estimate of drug-likeness (QED) is 0.173. The standard InChI is InChI=1S/C38H33FN2O3/c1-2-3-4-11-24-18-20-26(21-19-24)35(42)33-34(36(43)27-13-6-8-15-29(27)39)41-31-17-10-5-12-25(31)22-23-32(41)38(33)28-14-7-9-16-30(28)40-37(38)44/h5-10,12-23,32-34H,2-4,11H2,1H3,(H,40,44). The molecule has 0 radical (unpaired) electrons. The number of benzene rings is 4. The van der Waals surface area contributed by atoms with E-state index in [0.29, 0.717) is 16.8 Å². The van der Waals surface area contributed by atoms with Gasteiger partial charge in [-0.25, -0.2) is 4.39 Å². The third kappa shape index (κ3) is 4.15. The maximum atomic E-state index is 15.3. The minimum Gasteiger partial charge on any atom is -0.352 e. The van der Waals surface area contributed by atoms with E-state index < -0.39 is 35.0 Å². The van der Waals surface area contributed by atoms with E-state index >= 15 is 4.39 Å². The zero-order valence-corrected chi connectivity index (χ0v) is 24.5. The average molecular weight is 585 g/mol. The minimum absolute atomic E-state index is 0.101. The normalized spacial score (nSPS) is 22.8. The number of unbranched alkanes of at least 4 members (excludes halogenated alkanes) is 2. The van der Waals surface area contributed by atoms with Gasteiger partial charge in [-0.1, -0.05) is 105 Å². The number of para-hydroxylation sites is 2. The number of ketones is 2. The number of fused-ring (bicyclic) bond motifs is 6. The smallest absolute Gasteiger partial charge is 0.238 e. The lowest BCUT2D eigenvalue weighted by atomic mass is 9.64. The van der Waals surface area contributed by atoms with E-state index in [0.717, 1.165) is 42.5 Å². The molecule has 3 aliphatic heterocycles. The fourth-order valence-electron chi connectivity index (χ4n) is 7.53. The number of nitrogens with zero attached hydrogens (tertiary/aromatic N) is 1. The van der Waals surface area contributed by atoms with Crippen molar-refractivity contribution in [2.75, 3.05) is 10.2 Å². The van der Waals surface area contributed by atoms with Crippen molar-refractivity contribution in [3.8, 4) is 0 Å². The molecule has 4 unspecified atom stereocenters. The Bertz CT molecular complexity index is 1810. The van der Waals surface area contributed by atoms with Gasteiger partial charge in [-0.05, 0) is 53.8 Å². The third-order valence-electron chi connectivity index (χ3n) is 9.54. The van der Waals surface area contributed by atoms with Crippen molar-refractivity contribution < 1.29 is 18.8 Å². The molecule has 1 saturated heterocycles. The Morgan fingerprint density at radius 1 is 0.864 bits per heavy atom. The highest BCUT2D eigenvalue weighted by molar-refractivity contribution is 6.18. The van der Waals surface area contributed by atoms with Crippen LogP contribution < -0.4 is 10.2 Å². The van der Waals surface area contributed by atoms with Crippen molar-refractivity contribution in [2.45, 2.75) is 50.1 Å². The van der Waals surface area contributed by atoms with Crippen LogP contribution in [0.15, 0.2) is 103 Å². The molecule has 4 atom stereocenters. The van der Waals surface area contributed by atoms with Crippen molar-refractivity contribution in [3.05, 3.63) is 137 Å². The molecule has 4 aromatic rings. The van der Waals surface area contributed by atoms with Crippen LogP contribution in [0.3, 0.4) is 0 Å². The number of hydrogen-bond donors (Lipinski definition) is 1. The average Bonchev–Trinajstić information content (AvgIpc) is 3.53. The molecule has 44 heavy (non-hydrogen) atoms. The number of carbonyl (C=O) groups is 3. The molecule has 7 rings (SSSR count). The molecule has 1 amide bonds. The molecule has 1 N–H and O–H groups in total. The summed E-state index contributed by atoms with van der Waals surface area (Å²) in [6, 6.07) is 26.6. The second-order valence-electron chi connectivity index (χ2n) is 11.9. The second-order valence-corrected chi connectivity index (χ2v) is 11.9. The van der Waals surface area contributed by atoms with Gasteiger partial charge in [-0.2, -0.15) is 0 Å². The van der Waals surface area contributed by atoms with Crippen molar-refractivity contribution in [3.63, 3.8) is 0 Å². The van der Waals surface area contributed by atoms with E-state index in [1.165, 1.54) is 18.2 Å². The zero-order valence-electron chi connectivity index (χ0n) is 24.5. The van der Waals surface area contributed by atoms with Gasteiger partial charge >= 0.3 is 0 Å². The van der Waals surface area contributed by atoms with Crippen LogP contribution in [0.25, 0.3) is 6.08 Å². The Kier molecular flexibility index (Phi) is 7.00. The molecule has 3 aliphatic rings. The second kappa shape index (κ2) is 11.0. The van der Waals surface area contributed by atoms with Gasteiger partial charge in [-0.3, -0.25) is 14.4 Å². The number of anilines is 2. The molecule has 0 bridgehead atoms. The molecule has 1 spiro atoms. The van der Waals surface area contributed by atoms with Crippen LogP contribution in [0.5, 0.6) is 0 Å². The number of halogens is 1. The lowest BCUT2D eigenvalue weighted by Crippen LogP contribution is -2.51. The number of Topliss-reactive ketones (excluding diaryl/α,β-unsaturated/α-hetero) is 2. The first-order valence-electron chi connectivity index (χ1n) is 15.3. The molecular weight excluding hydrogens is 551 g/mol. The molecule has 5 nitrogen and oxygen atoms in total. The summed E-state index contributed by atoms with van der Waals surface area (Å²) in [5.74, 6) is -2.97. The van der Waals surface area contributed by atoms with Crippen LogP contribution in [0.1, 0.15) is 63.6 Å². The molecule has 0 saturated carbocycles. The van der Waals surface area contributed by atoms with Crippen molar-refractivity contribution in [1.82, 2.24) is 0 Å². The first-order chi connectivity index (χ1) is 21.5. The Morgan fingerprint density at radius 2 is 1.59 bits per heavy atom. The Labute approximate surface area is 256 Å². The lowest BCUT2D eigenvalue weighted by Gasteiger charge is -2.37. The summed E-state index contributed by atoms with van der Waals surface area (Å²) in [5.41, 5.74) is 2.91. The van der Waals surface area contributed by atoms with Gasteiger partial charge < -0.3 is 10.2 Å². The lowest BCUT2D eigenvalue weighted by molar-refractivity contribution is -0.121. The number of hydrogen-bond acceptors (Lipinski definition) is 4. The SMILES string of the molecule is CCCCCc1ccc(C(=O)C2C(C(=O)c3ccccc3F)N3c4ccccc4C=CC3C23C(=O)Nc2ccccc23)cc1. The predicted octanol–water partition coefficient (Wildman–Crippen LogP) is 7.41. The summed E-state index contributed by atoms with van der Waals surface area (Å²) < 4.78 is 15.3. The summed E-state index contributed by atoms with van der Waals surface area (Å²) in [5, 5.41) is 3.03. The van der Waals surface area contributed by atoms with Gasteiger partial charge in [0, 0.05) is 16.9 Å². The summed E-state index contributed by atoms with van der Waals surface area (Å²) in [6.07, 6.45) is 8.11. The predicted molar refractivity (Wildman–Crippen MR) is 171 cm³/mol. The van der Waals surface area contributed by atoms with Gasteiger partial charge in [0.2, 0.25) is 5.91 Å². The van der Waals surface area contributed by atoms with Crippen LogP contribution in [0.2, 0.25) is 0 Å².